The molecule has 0 saturated carbocycles. The normalized spacial score (nSPS) is 15.9. The van der Waals surface area contributed by atoms with Gasteiger partial charge in [0.05, 0.1) is 12.8 Å². The molecule has 2 fully saturated rings. The van der Waals surface area contributed by atoms with Crippen LogP contribution in [0.3, 0.4) is 0 Å². The van der Waals surface area contributed by atoms with E-state index < -0.39 is 0 Å². The summed E-state index contributed by atoms with van der Waals surface area (Å²) in [5.74, 6) is 3.15. The summed E-state index contributed by atoms with van der Waals surface area (Å²) in [5.41, 5.74) is 4.34. The van der Waals surface area contributed by atoms with Crippen molar-refractivity contribution in [1.29, 1.82) is 10.5 Å². The molecule has 0 radical (unpaired) electrons. The lowest BCUT2D eigenvalue weighted by atomic mass is 9.97. The van der Waals surface area contributed by atoms with Crippen LogP contribution in [0.1, 0.15) is 86.0 Å². The molecule has 0 unspecified atom stereocenters. The van der Waals surface area contributed by atoms with E-state index >= 15 is 0 Å². The van der Waals surface area contributed by atoms with Crippen LogP contribution in [0.15, 0.2) is 60.7 Å². The SMILES string of the molecule is CC(C)c1ccc(CC(=O)N[C@H]2CCCN(c3ccc(C#N)nn3)C2)cc1Oc1cc(CC(=O)N2CCN(c3ccc(C#N)nn3)CC2)ccc1C(C)C. The number of anilines is 2. The number of carbonyl (C=O) groups is 2. The molecule has 2 aliphatic rings. The molecule has 2 saturated heterocycles. The molecule has 4 heterocycles. The summed E-state index contributed by atoms with van der Waals surface area (Å²) in [6.07, 6.45) is 2.23. The highest BCUT2D eigenvalue weighted by molar-refractivity contribution is 5.80. The van der Waals surface area contributed by atoms with E-state index in [2.05, 4.69) is 63.2 Å². The lowest BCUT2D eigenvalue weighted by Gasteiger charge is -2.35. The Morgan fingerprint density at radius 1 is 0.741 bits per heavy atom. The lowest BCUT2D eigenvalue weighted by Crippen LogP contribution is -2.49. The van der Waals surface area contributed by atoms with Gasteiger partial charge in [-0.15, -0.1) is 20.4 Å². The summed E-state index contributed by atoms with van der Waals surface area (Å²) in [6.45, 7) is 12.3. The predicted octanol–water partition coefficient (Wildman–Crippen LogP) is 5.27. The zero-order valence-corrected chi connectivity index (χ0v) is 31.3. The summed E-state index contributed by atoms with van der Waals surface area (Å²) in [4.78, 5) is 32.9. The maximum atomic E-state index is 13.5. The molecule has 278 valence electrons. The predicted molar refractivity (Wildman–Crippen MR) is 204 cm³/mol. The maximum absolute atomic E-state index is 13.5. The fourth-order valence-corrected chi connectivity index (χ4v) is 6.97. The number of ether oxygens (including phenoxy) is 1. The Morgan fingerprint density at radius 3 is 1.81 bits per heavy atom. The van der Waals surface area contributed by atoms with Crippen molar-refractivity contribution < 1.29 is 14.3 Å². The van der Waals surface area contributed by atoms with Crippen molar-refractivity contribution in [2.45, 2.75) is 71.3 Å². The number of amides is 2. The molecule has 13 nitrogen and oxygen atoms in total. The summed E-state index contributed by atoms with van der Waals surface area (Å²) >= 11 is 0. The van der Waals surface area contributed by atoms with Crippen LogP contribution in [0, 0.1) is 22.7 Å². The van der Waals surface area contributed by atoms with E-state index in [9.17, 15) is 9.59 Å². The van der Waals surface area contributed by atoms with Crippen molar-refractivity contribution in [3.05, 3.63) is 94.3 Å². The molecule has 2 aromatic carbocycles. The minimum atomic E-state index is -0.0648. The van der Waals surface area contributed by atoms with Gasteiger partial charge in [0.1, 0.15) is 23.6 Å². The van der Waals surface area contributed by atoms with Crippen molar-refractivity contribution in [3.63, 3.8) is 0 Å². The van der Waals surface area contributed by atoms with Gasteiger partial charge < -0.3 is 24.8 Å². The largest absolute Gasteiger partial charge is 0.457 e. The van der Waals surface area contributed by atoms with Crippen molar-refractivity contribution in [2.75, 3.05) is 49.1 Å². The second-order valence-corrected chi connectivity index (χ2v) is 14.5. The molecule has 1 atom stereocenters. The molecule has 13 heteroatoms. The third-order valence-electron chi connectivity index (χ3n) is 9.94. The van der Waals surface area contributed by atoms with Gasteiger partial charge >= 0.3 is 0 Å². The standard InChI is InChI=1S/C41H46N10O3/c1-27(2)34-11-7-29(22-40(52)44-33-6-5-15-51(26-33)39-14-10-32(25-43)46-48-39)20-36(34)54-37-21-30(8-12-35(37)28(3)4)23-41(53)50-18-16-49(17-19-50)38-13-9-31(24-42)45-47-38/h7-14,20-21,27-28,33H,5-6,15-19,22-23,26H2,1-4H3,(H,44,52)/t33-/m0/s1. The minimum Gasteiger partial charge on any atom is -0.457 e. The topological polar surface area (TPSA) is 164 Å². The quantitative estimate of drug-likeness (QED) is 0.214. The van der Waals surface area contributed by atoms with Gasteiger partial charge in [-0.05, 0) is 83.3 Å². The van der Waals surface area contributed by atoms with Crippen LogP contribution in [0.2, 0.25) is 0 Å². The third kappa shape index (κ3) is 9.28. The number of piperidine rings is 1. The highest BCUT2D eigenvalue weighted by Gasteiger charge is 2.25. The molecule has 2 aliphatic heterocycles. The Kier molecular flexibility index (Phi) is 12.0. The fourth-order valence-electron chi connectivity index (χ4n) is 6.97. The molecule has 4 aromatic rings. The Morgan fingerprint density at radius 2 is 1.30 bits per heavy atom. The minimum absolute atomic E-state index is 0.0332. The van der Waals surface area contributed by atoms with E-state index in [1.165, 1.54) is 0 Å². The molecular weight excluding hydrogens is 681 g/mol. The second-order valence-electron chi connectivity index (χ2n) is 14.5. The third-order valence-corrected chi connectivity index (χ3v) is 9.94. The van der Waals surface area contributed by atoms with E-state index in [0.29, 0.717) is 55.9 Å². The van der Waals surface area contributed by atoms with Gasteiger partial charge in [-0.3, -0.25) is 9.59 Å². The number of carbonyl (C=O) groups excluding carboxylic acids is 2. The van der Waals surface area contributed by atoms with Gasteiger partial charge in [0.2, 0.25) is 11.8 Å². The molecule has 2 amide bonds. The van der Waals surface area contributed by atoms with E-state index in [0.717, 1.165) is 41.6 Å². The zero-order valence-electron chi connectivity index (χ0n) is 31.3. The Hall–Kier alpha value is -6.08. The van der Waals surface area contributed by atoms with Crippen LogP contribution in [0.4, 0.5) is 11.6 Å². The van der Waals surface area contributed by atoms with Crippen LogP contribution in [0.25, 0.3) is 0 Å². The average Bonchev–Trinajstić information content (AvgIpc) is 3.18. The van der Waals surface area contributed by atoms with Crippen LogP contribution >= 0.6 is 0 Å². The van der Waals surface area contributed by atoms with Crippen molar-refractivity contribution in [1.82, 2.24) is 30.6 Å². The first-order valence-corrected chi connectivity index (χ1v) is 18.6. The first-order valence-electron chi connectivity index (χ1n) is 18.6. The van der Waals surface area contributed by atoms with E-state index in [1.807, 2.05) is 53.4 Å². The number of benzene rings is 2. The van der Waals surface area contributed by atoms with E-state index in [-0.39, 0.29) is 53.9 Å². The monoisotopic (exact) mass is 726 g/mol. The van der Waals surface area contributed by atoms with Gasteiger partial charge in [-0.1, -0.05) is 52.0 Å². The van der Waals surface area contributed by atoms with Gasteiger partial charge in [0.15, 0.2) is 23.0 Å². The maximum Gasteiger partial charge on any atom is 0.227 e. The van der Waals surface area contributed by atoms with Crippen LogP contribution < -0.4 is 19.9 Å². The molecule has 6 rings (SSSR count). The molecule has 0 bridgehead atoms. The summed E-state index contributed by atoms with van der Waals surface area (Å²) in [7, 11) is 0. The smallest absolute Gasteiger partial charge is 0.227 e. The number of nitriles is 2. The van der Waals surface area contributed by atoms with E-state index in [1.54, 1.807) is 24.3 Å². The number of hydrogen-bond donors (Lipinski definition) is 1. The number of nitrogens with one attached hydrogen (secondary N) is 1. The molecular formula is C41H46N10O3. The van der Waals surface area contributed by atoms with E-state index in [4.69, 9.17) is 15.3 Å². The summed E-state index contributed by atoms with van der Waals surface area (Å²) in [5, 5.41) is 37.5. The molecule has 54 heavy (non-hydrogen) atoms. The van der Waals surface area contributed by atoms with Crippen LogP contribution in [-0.2, 0) is 22.4 Å². The van der Waals surface area contributed by atoms with Crippen LogP contribution in [0.5, 0.6) is 11.5 Å². The number of aromatic nitrogens is 4. The summed E-state index contributed by atoms with van der Waals surface area (Å²) in [6, 6.07) is 22.9. The van der Waals surface area contributed by atoms with Gasteiger partial charge in [0, 0.05) is 45.3 Å². The van der Waals surface area contributed by atoms with Crippen LogP contribution in [-0.4, -0.2) is 82.4 Å². The van der Waals surface area contributed by atoms with Crippen molar-refractivity contribution in [2.24, 2.45) is 0 Å². The Balaban J connectivity index is 1.11. The molecule has 0 spiro atoms. The number of rotatable bonds is 11. The lowest BCUT2D eigenvalue weighted by molar-refractivity contribution is -0.130. The highest BCUT2D eigenvalue weighted by atomic mass is 16.5. The molecule has 2 aromatic heterocycles. The number of hydrogen-bond acceptors (Lipinski definition) is 11. The first-order chi connectivity index (χ1) is 26.1. The van der Waals surface area contributed by atoms with Gasteiger partial charge in [-0.25, -0.2) is 0 Å². The number of piperazine rings is 1. The first kappa shape index (κ1) is 37.7. The fraction of sp³-hybridized carbons (Fsp3) is 0.415. The Labute approximate surface area is 316 Å². The van der Waals surface area contributed by atoms with Crippen molar-refractivity contribution >= 4 is 23.5 Å². The molecule has 0 aliphatic carbocycles. The van der Waals surface area contributed by atoms with Gasteiger partial charge in [0.25, 0.3) is 0 Å². The average molecular weight is 727 g/mol. The highest BCUT2D eigenvalue weighted by Crippen LogP contribution is 2.36. The second kappa shape index (κ2) is 17.2. The van der Waals surface area contributed by atoms with Crippen molar-refractivity contribution in [3.8, 4) is 23.6 Å². The Bertz CT molecular complexity index is 2030. The van der Waals surface area contributed by atoms with Gasteiger partial charge in [-0.2, -0.15) is 10.5 Å². The zero-order chi connectivity index (χ0) is 38.2. The summed E-state index contributed by atoms with van der Waals surface area (Å²) < 4.78 is 6.73. The molecule has 1 N–H and O–H groups in total. The number of nitrogens with zero attached hydrogens (tertiary/aromatic N) is 9.